The summed E-state index contributed by atoms with van der Waals surface area (Å²) >= 11 is 0. The first-order chi connectivity index (χ1) is 14.0. The molecule has 5 fully saturated rings. The number of hydrogen-bond donors (Lipinski definition) is 0. The predicted octanol–water partition coefficient (Wildman–Crippen LogP) is 3.35. The molecule has 5 rings (SSSR count). The van der Waals surface area contributed by atoms with Gasteiger partial charge in [-0.05, 0) is 32.6 Å². The van der Waals surface area contributed by atoms with Crippen molar-refractivity contribution >= 4 is 5.97 Å². The lowest BCUT2D eigenvalue weighted by Crippen LogP contribution is -2.56. The van der Waals surface area contributed by atoms with Gasteiger partial charge in [0.2, 0.25) is 0 Å². The fourth-order valence-corrected chi connectivity index (χ4v) is 5.45. The van der Waals surface area contributed by atoms with Gasteiger partial charge in [-0.3, -0.25) is 0 Å². The molecule has 0 radical (unpaired) electrons. The first-order valence-corrected chi connectivity index (χ1v) is 11.2. The Morgan fingerprint density at radius 3 is 2.03 bits per heavy atom. The van der Waals surface area contributed by atoms with Crippen LogP contribution in [0.1, 0.15) is 71.1 Å². The SMILES string of the molecule is C=C(C)C(=O)OC[C@H]1O[C@H]2OC3(CCCCC3)O[C@@H]2[C@H]2OC3(CCCCC3)O[C@@H]21. The molecule has 3 heterocycles. The van der Waals surface area contributed by atoms with Gasteiger partial charge in [-0.2, -0.15) is 0 Å². The Balaban J connectivity index is 1.36. The summed E-state index contributed by atoms with van der Waals surface area (Å²) in [5, 5.41) is 0. The molecular formula is C22H32O7. The van der Waals surface area contributed by atoms with Crippen molar-refractivity contribution in [2.45, 2.75) is 113 Å². The molecule has 7 nitrogen and oxygen atoms in total. The Hall–Kier alpha value is -0.990. The molecule has 29 heavy (non-hydrogen) atoms. The fourth-order valence-electron chi connectivity index (χ4n) is 5.45. The normalized spacial score (nSPS) is 39.8. The van der Waals surface area contributed by atoms with Crippen LogP contribution < -0.4 is 0 Å². The maximum Gasteiger partial charge on any atom is 0.333 e. The zero-order valence-corrected chi connectivity index (χ0v) is 17.2. The van der Waals surface area contributed by atoms with Crippen LogP contribution in [0.4, 0.5) is 0 Å². The summed E-state index contributed by atoms with van der Waals surface area (Å²) < 4.78 is 37.5. The molecule has 7 heteroatoms. The van der Waals surface area contributed by atoms with Crippen LogP contribution in [-0.2, 0) is 33.2 Å². The van der Waals surface area contributed by atoms with Gasteiger partial charge in [0.1, 0.15) is 31.0 Å². The van der Waals surface area contributed by atoms with Crippen LogP contribution >= 0.6 is 0 Å². The van der Waals surface area contributed by atoms with Crippen LogP contribution in [-0.4, -0.2) is 54.9 Å². The maximum atomic E-state index is 11.9. The molecule has 3 aliphatic heterocycles. The number of fused-ring (bicyclic) bond motifs is 3. The third-order valence-corrected chi connectivity index (χ3v) is 6.93. The highest BCUT2D eigenvalue weighted by Gasteiger charge is 2.64. The summed E-state index contributed by atoms with van der Waals surface area (Å²) in [5.41, 5.74) is 0.365. The molecule has 3 saturated heterocycles. The Bertz CT molecular complexity index is 650. The van der Waals surface area contributed by atoms with Crippen molar-refractivity contribution in [2.75, 3.05) is 6.61 Å². The first-order valence-electron chi connectivity index (χ1n) is 11.2. The molecule has 0 aromatic heterocycles. The van der Waals surface area contributed by atoms with E-state index < -0.39 is 29.9 Å². The Labute approximate surface area is 172 Å². The summed E-state index contributed by atoms with van der Waals surface area (Å²) in [5.74, 6) is -1.58. The minimum atomic E-state index is -0.576. The Morgan fingerprint density at radius 2 is 1.41 bits per heavy atom. The van der Waals surface area contributed by atoms with Gasteiger partial charge in [0.25, 0.3) is 0 Å². The van der Waals surface area contributed by atoms with Gasteiger partial charge in [0.15, 0.2) is 17.9 Å². The number of carbonyl (C=O) groups is 1. The zero-order chi connectivity index (χ0) is 20.1. The smallest absolute Gasteiger partial charge is 0.333 e. The van der Waals surface area contributed by atoms with Gasteiger partial charge in [-0.1, -0.05) is 19.4 Å². The molecule has 5 atom stereocenters. The lowest BCUT2D eigenvalue weighted by molar-refractivity contribution is -0.255. The van der Waals surface area contributed by atoms with Crippen molar-refractivity contribution in [3.05, 3.63) is 12.2 Å². The van der Waals surface area contributed by atoms with Gasteiger partial charge in [-0.25, -0.2) is 4.79 Å². The topological polar surface area (TPSA) is 72.5 Å². The number of esters is 1. The summed E-state index contributed by atoms with van der Waals surface area (Å²) in [4.78, 5) is 11.9. The number of carbonyl (C=O) groups excluding carboxylic acids is 1. The molecule has 0 N–H and O–H groups in total. The van der Waals surface area contributed by atoms with E-state index in [0.29, 0.717) is 5.57 Å². The van der Waals surface area contributed by atoms with Crippen molar-refractivity contribution < 1.29 is 33.2 Å². The van der Waals surface area contributed by atoms with E-state index >= 15 is 0 Å². The largest absolute Gasteiger partial charge is 0.459 e. The molecule has 0 aromatic rings. The molecule has 0 aromatic carbocycles. The average molecular weight is 408 g/mol. The number of rotatable bonds is 3. The monoisotopic (exact) mass is 408 g/mol. The van der Waals surface area contributed by atoms with Gasteiger partial charge in [0.05, 0.1) is 0 Å². The van der Waals surface area contributed by atoms with Crippen LogP contribution in [0.15, 0.2) is 12.2 Å². The second-order valence-electron chi connectivity index (χ2n) is 9.23. The third-order valence-electron chi connectivity index (χ3n) is 6.93. The summed E-state index contributed by atoms with van der Waals surface area (Å²) in [6.45, 7) is 5.37. The molecule has 2 saturated carbocycles. The van der Waals surface area contributed by atoms with Crippen LogP contribution in [0.2, 0.25) is 0 Å². The Kier molecular flexibility index (Phi) is 5.23. The van der Waals surface area contributed by atoms with E-state index in [1.54, 1.807) is 6.92 Å². The van der Waals surface area contributed by atoms with E-state index in [1.807, 2.05) is 0 Å². The number of ether oxygens (including phenoxy) is 6. The van der Waals surface area contributed by atoms with E-state index in [4.69, 9.17) is 28.4 Å². The van der Waals surface area contributed by atoms with Crippen molar-refractivity contribution in [3.63, 3.8) is 0 Å². The Morgan fingerprint density at radius 1 is 0.862 bits per heavy atom. The predicted molar refractivity (Wildman–Crippen MR) is 102 cm³/mol. The van der Waals surface area contributed by atoms with Crippen LogP contribution in [0.25, 0.3) is 0 Å². The fraction of sp³-hybridized carbons (Fsp3) is 0.864. The molecule has 0 unspecified atom stereocenters. The van der Waals surface area contributed by atoms with Crippen molar-refractivity contribution in [3.8, 4) is 0 Å². The van der Waals surface area contributed by atoms with Crippen LogP contribution in [0.3, 0.4) is 0 Å². The molecular weight excluding hydrogens is 376 g/mol. The van der Waals surface area contributed by atoms with Crippen LogP contribution in [0, 0.1) is 0 Å². The highest BCUT2D eigenvalue weighted by molar-refractivity contribution is 5.86. The minimum Gasteiger partial charge on any atom is -0.459 e. The second-order valence-corrected chi connectivity index (χ2v) is 9.23. The molecule has 2 spiro atoms. The third kappa shape index (κ3) is 3.65. The van der Waals surface area contributed by atoms with E-state index in [1.165, 1.54) is 12.8 Å². The van der Waals surface area contributed by atoms with Crippen LogP contribution in [0.5, 0.6) is 0 Å². The standard InChI is InChI=1S/C22H32O7/c1-14(2)19(23)24-13-15-16-17(27-21(26-16)9-5-3-6-10-21)18-20(25-15)29-22(28-18)11-7-4-8-12-22/h15-18,20H,1,3-13H2,2H3/t15-,16-,17+,18-,20+/m1/s1. The number of hydrogen-bond acceptors (Lipinski definition) is 7. The minimum absolute atomic E-state index is 0.0892. The first kappa shape index (κ1) is 19.9. The van der Waals surface area contributed by atoms with Gasteiger partial charge >= 0.3 is 5.97 Å². The quantitative estimate of drug-likeness (QED) is 0.524. The molecule has 0 amide bonds. The molecule has 162 valence electrons. The van der Waals surface area contributed by atoms with E-state index in [9.17, 15) is 4.79 Å². The lowest BCUT2D eigenvalue weighted by atomic mass is 9.94. The van der Waals surface area contributed by atoms with Gasteiger partial charge in [-0.15, -0.1) is 0 Å². The van der Waals surface area contributed by atoms with Crippen molar-refractivity contribution in [2.24, 2.45) is 0 Å². The van der Waals surface area contributed by atoms with Crippen molar-refractivity contribution in [1.29, 1.82) is 0 Å². The molecule has 5 aliphatic rings. The van der Waals surface area contributed by atoms with E-state index in [0.717, 1.165) is 51.4 Å². The second kappa shape index (κ2) is 7.61. The average Bonchev–Trinajstić information content (AvgIpc) is 3.25. The molecule has 0 bridgehead atoms. The molecule has 2 aliphatic carbocycles. The summed E-state index contributed by atoms with van der Waals surface area (Å²) in [6, 6.07) is 0. The van der Waals surface area contributed by atoms with Crippen molar-refractivity contribution in [1.82, 2.24) is 0 Å². The maximum absolute atomic E-state index is 11.9. The summed E-state index contributed by atoms with van der Waals surface area (Å²) in [6.07, 6.45) is 8.38. The van der Waals surface area contributed by atoms with E-state index in [-0.39, 0.29) is 24.9 Å². The van der Waals surface area contributed by atoms with Gasteiger partial charge < -0.3 is 28.4 Å². The van der Waals surface area contributed by atoms with Gasteiger partial charge in [0, 0.05) is 31.3 Å². The lowest BCUT2D eigenvalue weighted by Gasteiger charge is -2.36. The zero-order valence-electron chi connectivity index (χ0n) is 17.2. The highest BCUT2D eigenvalue weighted by atomic mass is 16.9. The highest BCUT2D eigenvalue weighted by Crippen LogP contribution is 2.50. The summed E-state index contributed by atoms with van der Waals surface area (Å²) in [7, 11) is 0. The van der Waals surface area contributed by atoms with E-state index in [2.05, 4.69) is 6.58 Å².